The molecule has 2 aromatic rings. The quantitative estimate of drug-likeness (QED) is 0.678. The van der Waals surface area contributed by atoms with Crippen LogP contribution in [0.2, 0.25) is 5.02 Å². The molecule has 0 bridgehead atoms. The molecular formula is C19H13BrClNO3. The standard InChI is InChI=1S/C19H13BrClNO3/c20-12-4-6-14(7-5-12)22-16-10-25-19(24)18(16)15(9-17(22)23)11-2-1-3-13(21)8-11/h1-8,15H,9-10H2. The number of anilines is 1. The van der Waals surface area contributed by atoms with E-state index in [2.05, 4.69) is 15.9 Å². The van der Waals surface area contributed by atoms with Gasteiger partial charge in [0.1, 0.15) is 6.61 Å². The number of amides is 1. The molecule has 1 amide bonds. The lowest BCUT2D eigenvalue weighted by Gasteiger charge is -2.32. The average molecular weight is 419 g/mol. The molecule has 4 rings (SSSR count). The van der Waals surface area contributed by atoms with Crippen molar-refractivity contribution in [2.75, 3.05) is 11.5 Å². The minimum atomic E-state index is -0.366. The Morgan fingerprint density at radius 1 is 1.12 bits per heavy atom. The first-order valence-electron chi connectivity index (χ1n) is 7.79. The summed E-state index contributed by atoms with van der Waals surface area (Å²) in [5.41, 5.74) is 2.74. The van der Waals surface area contributed by atoms with Crippen molar-refractivity contribution in [2.24, 2.45) is 0 Å². The molecule has 1 unspecified atom stereocenters. The number of esters is 1. The Labute approximate surface area is 158 Å². The van der Waals surface area contributed by atoms with Crippen LogP contribution in [0.5, 0.6) is 0 Å². The normalized spacial score (nSPS) is 19.9. The van der Waals surface area contributed by atoms with E-state index in [4.69, 9.17) is 16.3 Å². The van der Waals surface area contributed by atoms with Gasteiger partial charge in [0.15, 0.2) is 0 Å². The van der Waals surface area contributed by atoms with Crippen LogP contribution in [-0.2, 0) is 14.3 Å². The molecule has 6 heteroatoms. The molecule has 0 aromatic heterocycles. The number of rotatable bonds is 2. The molecule has 4 nitrogen and oxygen atoms in total. The van der Waals surface area contributed by atoms with Crippen LogP contribution in [0.4, 0.5) is 5.69 Å². The highest BCUT2D eigenvalue weighted by Crippen LogP contribution is 2.42. The summed E-state index contributed by atoms with van der Waals surface area (Å²) < 4.78 is 6.18. The predicted octanol–water partition coefficient (Wildman–Crippen LogP) is 4.43. The van der Waals surface area contributed by atoms with Crippen molar-refractivity contribution >= 4 is 45.1 Å². The van der Waals surface area contributed by atoms with E-state index >= 15 is 0 Å². The van der Waals surface area contributed by atoms with Crippen molar-refractivity contribution in [1.82, 2.24) is 0 Å². The summed E-state index contributed by atoms with van der Waals surface area (Å²) >= 11 is 9.48. The molecule has 0 aliphatic carbocycles. The minimum Gasteiger partial charge on any atom is -0.456 e. The lowest BCUT2D eigenvalue weighted by Crippen LogP contribution is -2.37. The van der Waals surface area contributed by atoms with E-state index in [0.29, 0.717) is 16.3 Å². The zero-order valence-electron chi connectivity index (χ0n) is 13.0. The molecule has 0 fully saturated rings. The van der Waals surface area contributed by atoms with Crippen LogP contribution in [-0.4, -0.2) is 18.5 Å². The zero-order chi connectivity index (χ0) is 17.6. The van der Waals surface area contributed by atoms with E-state index < -0.39 is 0 Å². The van der Waals surface area contributed by atoms with E-state index in [1.54, 1.807) is 17.0 Å². The molecule has 2 heterocycles. The number of ether oxygens (including phenoxy) is 1. The molecule has 2 aliphatic heterocycles. The minimum absolute atomic E-state index is 0.0654. The van der Waals surface area contributed by atoms with Crippen LogP contribution >= 0.6 is 27.5 Å². The lowest BCUT2D eigenvalue weighted by atomic mass is 9.84. The third-order valence-corrected chi connectivity index (χ3v) is 5.22. The summed E-state index contributed by atoms with van der Waals surface area (Å²) in [6, 6.07) is 14.7. The van der Waals surface area contributed by atoms with Gasteiger partial charge in [-0.05, 0) is 42.0 Å². The molecule has 0 radical (unpaired) electrons. The summed E-state index contributed by atoms with van der Waals surface area (Å²) in [5, 5.41) is 0.578. The van der Waals surface area contributed by atoms with Gasteiger partial charge in [0.2, 0.25) is 5.91 Å². The highest BCUT2D eigenvalue weighted by atomic mass is 79.9. The second-order valence-electron chi connectivity index (χ2n) is 5.95. The first-order valence-corrected chi connectivity index (χ1v) is 8.96. The lowest BCUT2D eigenvalue weighted by molar-refractivity contribution is -0.136. The van der Waals surface area contributed by atoms with Crippen molar-refractivity contribution < 1.29 is 14.3 Å². The smallest absolute Gasteiger partial charge is 0.336 e. The van der Waals surface area contributed by atoms with Gasteiger partial charge in [0.25, 0.3) is 0 Å². The summed E-state index contributed by atoms with van der Waals surface area (Å²) in [5.74, 6) is -0.762. The number of hydrogen-bond acceptors (Lipinski definition) is 3. The molecule has 1 atom stereocenters. The first-order chi connectivity index (χ1) is 12.0. The van der Waals surface area contributed by atoms with Crippen LogP contribution in [0.15, 0.2) is 64.3 Å². The predicted molar refractivity (Wildman–Crippen MR) is 98.4 cm³/mol. The Balaban J connectivity index is 1.83. The van der Waals surface area contributed by atoms with E-state index in [9.17, 15) is 9.59 Å². The Bertz CT molecular complexity index is 907. The topological polar surface area (TPSA) is 46.6 Å². The van der Waals surface area contributed by atoms with Crippen LogP contribution in [0.25, 0.3) is 0 Å². The van der Waals surface area contributed by atoms with E-state index in [0.717, 1.165) is 15.7 Å². The van der Waals surface area contributed by atoms with E-state index in [-0.39, 0.29) is 30.8 Å². The molecule has 0 spiro atoms. The van der Waals surface area contributed by atoms with Gasteiger partial charge in [-0.15, -0.1) is 0 Å². The van der Waals surface area contributed by atoms with Gasteiger partial charge in [0.05, 0.1) is 11.3 Å². The van der Waals surface area contributed by atoms with Crippen LogP contribution in [0.1, 0.15) is 17.9 Å². The monoisotopic (exact) mass is 417 g/mol. The van der Waals surface area contributed by atoms with Crippen LogP contribution in [0.3, 0.4) is 0 Å². The molecule has 0 saturated heterocycles. The molecule has 0 saturated carbocycles. The molecule has 0 N–H and O–H groups in total. The van der Waals surface area contributed by atoms with E-state index in [1.807, 2.05) is 36.4 Å². The van der Waals surface area contributed by atoms with E-state index in [1.165, 1.54) is 0 Å². The molecule has 126 valence electrons. The van der Waals surface area contributed by atoms with Crippen LogP contribution < -0.4 is 4.90 Å². The van der Waals surface area contributed by atoms with Gasteiger partial charge in [0, 0.05) is 27.5 Å². The second-order valence-corrected chi connectivity index (χ2v) is 7.31. The Kier molecular flexibility index (Phi) is 4.13. The Morgan fingerprint density at radius 3 is 2.60 bits per heavy atom. The first kappa shape index (κ1) is 16.4. The maximum atomic E-state index is 12.9. The van der Waals surface area contributed by atoms with Gasteiger partial charge in [-0.3, -0.25) is 9.69 Å². The largest absolute Gasteiger partial charge is 0.456 e. The summed E-state index contributed by atoms with van der Waals surface area (Å²) in [6.07, 6.45) is 0.199. The third kappa shape index (κ3) is 2.87. The fourth-order valence-corrected chi connectivity index (χ4v) is 3.82. The van der Waals surface area contributed by atoms with Crippen molar-refractivity contribution in [3.63, 3.8) is 0 Å². The maximum absolute atomic E-state index is 12.9. The number of carbonyl (C=O) groups excluding carboxylic acids is 2. The maximum Gasteiger partial charge on any atom is 0.336 e. The fourth-order valence-electron chi connectivity index (χ4n) is 3.35. The number of benzene rings is 2. The van der Waals surface area contributed by atoms with Crippen molar-refractivity contribution in [3.8, 4) is 0 Å². The van der Waals surface area contributed by atoms with Crippen molar-refractivity contribution in [3.05, 3.63) is 74.9 Å². The highest BCUT2D eigenvalue weighted by molar-refractivity contribution is 9.10. The second kappa shape index (κ2) is 6.32. The SMILES string of the molecule is O=C1OCC2=C1C(c1cccc(Cl)c1)CC(=O)N2c1ccc(Br)cc1. The summed E-state index contributed by atoms with van der Waals surface area (Å²) in [6.45, 7) is 0.104. The number of cyclic esters (lactones) is 1. The van der Waals surface area contributed by atoms with Crippen molar-refractivity contribution in [1.29, 1.82) is 0 Å². The summed E-state index contributed by atoms with van der Waals surface area (Å²) in [7, 11) is 0. The number of halogens is 2. The number of nitrogens with zero attached hydrogens (tertiary/aromatic N) is 1. The Hall–Kier alpha value is -2.11. The van der Waals surface area contributed by atoms with Crippen LogP contribution in [0, 0.1) is 0 Å². The fraction of sp³-hybridized carbons (Fsp3) is 0.158. The summed E-state index contributed by atoms with van der Waals surface area (Å²) in [4.78, 5) is 26.8. The molecule has 2 aliphatic rings. The zero-order valence-corrected chi connectivity index (χ0v) is 15.4. The molecule has 25 heavy (non-hydrogen) atoms. The van der Waals surface area contributed by atoms with Gasteiger partial charge in [-0.1, -0.05) is 39.7 Å². The highest BCUT2D eigenvalue weighted by Gasteiger charge is 2.42. The van der Waals surface area contributed by atoms with Gasteiger partial charge in [-0.25, -0.2) is 4.79 Å². The average Bonchev–Trinajstić information content (AvgIpc) is 2.97. The molecular weight excluding hydrogens is 406 g/mol. The number of carbonyl (C=O) groups is 2. The van der Waals surface area contributed by atoms with Crippen molar-refractivity contribution in [2.45, 2.75) is 12.3 Å². The Morgan fingerprint density at radius 2 is 1.88 bits per heavy atom. The van der Waals surface area contributed by atoms with Gasteiger partial charge >= 0.3 is 5.97 Å². The third-order valence-electron chi connectivity index (χ3n) is 4.45. The number of hydrogen-bond donors (Lipinski definition) is 0. The van der Waals surface area contributed by atoms with Gasteiger partial charge in [-0.2, -0.15) is 0 Å². The molecule has 2 aromatic carbocycles. The van der Waals surface area contributed by atoms with Gasteiger partial charge < -0.3 is 4.74 Å².